The predicted octanol–water partition coefficient (Wildman–Crippen LogP) is 7.30. The van der Waals surface area contributed by atoms with Crippen molar-refractivity contribution in [2.45, 2.75) is 86.5 Å². The van der Waals surface area contributed by atoms with Gasteiger partial charge >= 0.3 is 0 Å². The van der Waals surface area contributed by atoms with Gasteiger partial charge in [-0.05, 0) is 76.7 Å². The molecule has 35 heavy (non-hydrogen) atoms. The number of aliphatic hydroxyl groups is 1. The maximum absolute atomic E-state index is 11.3. The summed E-state index contributed by atoms with van der Waals surface area (Å²) in [6.45, 7) is 17.1. The van der Waals surface area contributed by atoms with Crippen LogP contribution in [0.3, 0.4) is 0 Å². The second kappa shape index (κ2) is 12.1. The highest BCUT2D eigenvalue weighted by atomic mass is 35.5. The fourth-order valence-electron chi connectivity index (χ4n) is 5.16. The fraction of sp³-hybridized carbons (Fsp3) is 0.655. The van der Waals surface area contributed by atoms with Crippen molar-refractivity contribution >= 4 is 11.6 Å². The SMILES string of the molecule is CCOC(OCC)c1c(C)c(Cl)c(OC)c(C/C=C(C)/C=C/[C@@]2(C)[C@H](C)CC[C@](C)(O)[C@@H]2C)c1O. The maximum Gasteiger partial charge on any atom is 0.187 e. The largest absolute Gasteiger partial charge is 0.507 e. The third-order valence-electron chi connectivity index (χ3n) is 8.17. The maximum atomic E-state index is 11.3. The zero-order valence-electron chi connectivity index (χ0n) is 23.0. The summed E-state index contributed by atoms with van der Waals surface area (Å²) >= 11 is 6.67. The van der Waals surface area contributed by atoms with Crippen molar-refractivity contribution in [1.29, 1.82) is 0 Å². The van der Waals surface area contributed by atoms with E-state index in [4.69, 9.17) is 25.8 Å². The Morgan fingerprint density at radius 2 is 1.80 bits per heavy atom. The van der Waals surface area contributed by atoms with E-state index in [-0.39, 0.29) is 17.1 Å². The third-order valence-corrected chi connectivity index (χ3v) is 8.62. The number of hydrogen-bond acceptors (Lipinski definition) is 5. The molecule has 1 aromatic carbocycles. The molecule has 2 N–H and O–H groups in total. The average molecular weight is 509 g/mol. The standard InChI is InChI=1S/C29H45ClO5/c1-10-34-27(35-11-2)23-20(5)24(30)26(33-9)22(25(23)31)13-12-18(3)14-16-28(7)19(4)15-17-29(8,32)21(28)6/h12,14,16,19,21,27,31-32H,10-11,13,15,17H2,1-9H3/b16-14+,18-12+/t19-,21-,28+,29+/m1/s1. The topological polar surface area (TPSA) is 68.2 Å². The van der Waals surface area contributed by atoms with Gasteiger partial charge in [0.05, 0.1) is 23.3 Å². The quantitative estimate of drug-likeness (QED) is 0.256. The Balaban J connectivity index is 2.42. The number of halogens is 1. The van der Waals surface area contributed by atoms with Gasteiger partial charge in [0.2, 0.25) is 0 Å². The van der Waals surface area contributed by atoms with Crippen LogP contribution in [0, 0.1) is 24.2 Å². The van der Waals surface area contributed by atoms with Crippen molar-refractivity contribution in [3.05, 3.63) is 45.5 Å². The van der Waals surface area contributed by atoms with Crippen LogP contribution in [0.5, 0.6) is 11.5 Å². The first-order valence-electron chi connectivity index (χ1n) is 12.7. The fourth-order valence-corrected chi connectivity index (χ4v) is 5.45. The lowest BCUT2D eigenvalue weighted by Crippen LogP contribution is -2.49. The van der Waals surface area contributed by atoms with Crippen LogP contribution < -0.4 is 4.74 Å². The molecule has 0 spiro atoms. The van der Waals surface area contributed by atoms with Crippen molar-refractivity contribution in [3.63, 3.8) is 0 Å². The van der Waals surface area contributed by atoms with Crippen LogP contribution in [0.15, 0.2) is 23.8 Å². The minimum atomic E-state index is -0.709. The van der Waals surface area contributed by atoms with E-state index >= 15 is 0 Å². The Bertz CT molecular complexity index is 930. The van der Waals surface area contributed by atoms with Gasteiger partial charge in [0, 0.05) is 18.8 Å². The predicted molar refractivity (Wildman–Crippen MR) is 143 cm³/mol. The Kier molecular flexibility index (Phi) is 10.3. The molecule has 0 unspecified atom stereocenters. The molecule has 6 heteroatoms. The molecule has 0 amide bonds. The molecular weight excluding hydrogens is 464 g/mol. The first-order valence-corrected chi connectivity index (χ1v) is 13.1. The minimum Gasteiger partial charge on any atom is -0.507 e. The molecule has 0 saturated heterocycles. The molecule has 0 aliphatic heterocycles. The summed E-state index contributed by atoms with van der Waals surface area (Å²) in [5.41, 5.74) is 2.09. The van der Waals surface area contributed by atoms with Gasteiger partial charge in [-0.1, -0.05) is 56.2 Å². The molecule has 4 atom stereocenters. The Morgan fingerprint density at radius 3 is 2.34 bits per heavy atom. The van der Waals surface area contributed by atoms with E-state index in [1.807, 2.05) is 34.6 Å². The van der Waals surface area contributed by atoms with Crippen LogP contribution in [0.25, 0.3) is 0 Å². The normalized spacial score (nSPS) is 27.7. The van der Waals surface area contributed by atoms with Crippen molar-refractivity contribution in [2.75, 3.05) is 20.3 Å². The molecule has 5 nitrogen and oxygen atoms in total. The lowest BCUT2D eigenvalue weighted by atomic mass is 9.57. The summed E-state index contributed by atoms with van der Waals surface area (Å²) in [6, 6.07) is 0. The number of allylic oxidation sites excluding steroid dienone is 4. The second-order valence-corrected chi connectivity index (χ2v) is 10.7. The molecule has 1 aromatic rings. The Hall–Kier alpha value is -1.53. The van der Waals surface area contributed by atoms with Gasteiger partial charge in [0.25, 0.3) is 0 Å². The number of phenolic OH excluding ortho intramolecular Hbond substituents is 1. The Morgan fingerprint density at radius 1 is 1.20 bits per heavy atom. The van der Waals surface area contributed by atoms with Crippen LogP contribution in [-0.4, -0.2) is 36.1 Å². The first-order chi connectivity index (χ1) is 16.3. The Labute approximate surface area is 217 Å². The average Bonchev–Trinajstić information content (AvgIpc) is 2.81. The summed E-state index contributed by atoms with van der Waals surface area (Å²) in [6.07, 6.45) is 7.97. The van der Waals surface area contributed by atoms with Gasteiger partial charge in [-0.15, -0.1) is 0 Å². The van der Waals surface area contributed by atoms with Gasteiger partial charge in [-0.25, -0.2) is 0 Å². The van der Waals surface area contributed by atoms with Crippen molar-refractivity contribution < 1.29 is 24.4 Å². The zero-order chi connectivity index (χ0) is 26.6. The number of phenols is 1. The molecule has 1 fully saturated rings. The number of rotatable bonds is 10. The molecule has 1 aliphatic carbocycles. The minimum absolute atomic E-state index is 0.0845. The molecule has 198 valence electrons. The van der Waals surface area contributed by atoms with Crippen molar-refractivity contribution in [1.82, 2.24) is 0 Å². The summed E-state index contributed by atoms with van der Waals surface area (Å²) in [5, 5.41) is 22.6. The van der Waals surface area contributed by atoms with Crippen LogP contribution in [0.4, 0.5) is 0 Å². The summed E-state index contributed by atoms with van der Waals surface area (Å²) < 4.78 is 17.1. The molecular formula is C29H45ClO5. The lowest BCUT2D eigenvalue weighted by molar-refractivity contribution is -0.141. The lowest BCUT2D eigenvalue weighted by Gasteiger charge is -2.50. The zero-order valence-corrected chi connectivity index (χ0v) is 23.8. The van der Waals surface area contributed by atoms with Crippen LogP contribution >= 0.6 is 11.6 Å². The van der Waals surface area contributed by atoms with Crippen molar-refractivity contribution in [2.24, 2.45) is 17.3 Å². The van der Waals surface area contributed by atoms with Gasteiger partial charge in [-0.2, -0.15) is 0 Å². The van der Waals surface area contributed by atoms with Crippen LogP contribution in [0.2, 0.25) is 5.02 Å². The summed E-state index contributed by atoms with van der Waals surface area (Å²) in [4.78, 5) is 0. The van der Waals surface area contributed by atoms with E-state index in [1.165, 1.54) is 0 Å². The van der Waals surface area contributed by atoms with E-state index < -0.39 is 11.9 Å². The van der Waals surface area contributed by atoms with Crippen LogP contribution in [-0.2, 0) is 15.9 Å². The molecule has 0 heterocycles. The van der Waals surface area contributed by atoms with E-state index in [2.05, 4.69) is 39.0 Å². The summed E-state index contributed by atoms with van der Waals surface area (Å²) in [5.74, 6) is 1.15. The van der Waals surface area contributed by atoms with Gasteiger partial charge < -0.3 is 24.4 Å². The van der Waals surface area contributed by atoms with Crippen molar-refractivity contribution in [3.8, 4) is 11.5 Å². The molecule has 0 aromatic heterocycles. The molecule has 0 radical (unpaired) electrons. The van der Waals surface area contributed by atoms with Gasteiger partial charge in [0.1, 0.15) is 11.5 Å². The van der Waals surface area contributed by atoms with Crippen LogP contribution in [0.1, 0.15) is 84.3 Å². The number of ether oxygens (including phenoxy) is 3. The summed E-state index contributed by atoms with van der Waals surface area (Å²) in [7, 11) is 1.56. The molecule has 1 aliphatic rings. The number of aromatic hydroxyl groups is 1. The van der Waals surface area contributed by atoms with E-state index in [1.54, 1.807) is 7.11 Å². The monoisotopic (exact) mass is 508 g/mol. The van der Waals surface area contributed by atoms with E-state index in [9.17, 15) is 10.2 Å². The molecule has 2 rings (SSSR count). The molecule has 0 bridgehead atoms. The van der Waals surface area contributed by atoms with Gasteiger partial charge in [-0.3, -0.25) is 0 Å². The second-order valence-electron chi connectivity index (χ2n) is 10.3. The smallest absolute Gasteiger partial charge is 0.187 e. The highest BCUT2D eigenvalue weighted by molar-refractivity contribution is 6.33. The van der Waals surface area contributed by atoms with E-state index in [0.29, 0.717) is 53.0 Å². The first kappa shape index (κ1) is 29.7. The van der Waals surface area contributed by atoms with Gasteiger partial charge in [0.15, 0.2) is 6.29 Å². The molecule has 1 saturated carbocycles. The number of benzene rings is 1. The highest BCUT2D eigenvalue weighted by Crippen LogP contribution is 2.51. The third kappa shape index (κ3) is 6.25. The number of hydrogen-bond donors (Lipinski definition) is 2. The number of methoxy groups -OCH3 is 1. The highest BCUT2D eigenvalue weighted by Gasteiger charge is 2.47. The van der Waals surface area contributed by atoms with E-state index in [0.717, 1.165) is 18.4 Å².